The number of ether oxygens (including phenoxy) is 1. The number of benzene rings is 2. The molecule has 1 amide bonds. The van der Waals surface area contributed by atoms with Crippen molar-refractivity contribution in [3.8, 4) is 5.75 Å². The highest BCUT2D eigenvalue weighted by atomic mass is 16.6. The van der Waals surface area contributed by atoms with Gasteiger partial charge in [-0.1, -0.05) is 12.1 Å². The summed E-state index contributed by atoms with van der Waals surface area (Å²) in [7, 11) is 1.63. The molecule has 0 aliphatic carbocycles. The Hall–Kier alpha value is -3.09. The van der Waals surface area contributed by atoms with Gasteiger partial charge in [0, 0.05) is 44.0 Å². The van der Waals surface area contributed by atoms with Crippen LogP contribution in [0.4, 0.5) is 11.4 Å². The Balaban J connectivity index is 1.57. The first-order valence-electron chi connectivity index (χ1n) is 8.88. The summed E-state index contributed by atoms with van der Waals surface area (Å²) in [4.78, 5) is 27.0. The molecule has 2 aromatic rings. The SMILES string of the molecule is COc1cc(CC(=O)N2CCN(c3ccc([N+](=O)[O-])cc3)CC2)ccc1C. The van der Waals surface area contributed by atoms with Gasteiger partial charge in [0.15, 0.2) is 0 Å². The molecule has 2 aromatic carbocycles. The van der Waals surface area contributed by atoms with E-state index in [0.29, 0.717) is 32.6 Å². The Bertz CT molecular complexity index is 828. The molecule has 0 radical (unpaired) electrons. The van der Waals surface area contributed by atoms with Crippen LogP contribution in [0.1, 0.15) is 11.1 Å². The van der Waals surface area contributed by atoms with Crippen LogP contribution in [-0.2, 0) is 11.2 Å². The van der Waals surface area contributed by atoms with E-state index in [2.05, 4.69) is 4.90 Å². The first kappa shape index (κ1) is 18.7. The van der Waals surface area contributed by atoms with Gasteiger partial charge in [-0.2, -0.15) is 0 Å². The average molecular weight is 369 g/mol. The summed E-state index contributed by atoms with van der Waals surface area (Å²) in [5.74, 6) is 0.896. The highest BCUT2D eigenvalue weighted by molar-refractivity contribution is 5.79. The van der Waals surface area contributed by atoms with E-state index in [1.54, 1.807) is 19.2 Å². The minimum atomic E-state index is -0.402. The lowest BCUT2D eigenvalue weighted by molar-refractivity contribution is -0.384. The molecule has 27 heavy (non-hydrogen) atoms. The van der Waals surface area contributed by atoms with Crippen LogP contribution < -0.4 is 9.64 Å². The van der Waals surface area contributed by atoms with Crippen LogP contribution in [0.3, 0.4) is 0 Å². The first-order valence-corrected chi connectivity index (χ1v) is 8.88. The number of anilines is 1. The number of nitro benzene ring substituents is 1. The summed E-state index contributed by atoms with van der Waals surface area (Å²) in [5.41, 5.74) is 3.02. The zero-order chi connectivity index (χ0) is 19.4. The normalized spacial score (nSPS) is 14.1. The second-order valence-corrected chi connectivity index (χ2v) is 6.62. The molecule has 1 fully saturated rings. The standard InChI is InChI=1S/C20H23N3O4/c1-15-3-4-16(13-19(15)27-2)14-20(24)22-11-9-21(10-12-22)17-5-7-18(8-6-17)23(25)26/h3-8,13H,9-12,14H2,1-2H3. The number of methoxy groups -OCH3 is 1. The van der Waals surface area contributed by atoms with Gasteiger partial charge < -0.3 is 14.5 Å². The van der Waals surface area contributed by atoms with E-state index < -0.39 is 4.92 Å². The van der Waals surface area contributed by atoms with E-state index in [9.17, 15) is 14.9 Å². The third-order valence-electron chi connectivity index (χ3n) is 4.89. The lowest BCUT2D eigenvalue weighted by atomic mass is 10.1. The van der Waals surface area contributed by atoms with Crippen LogP contribution in [0.5, 0.6) is 5.75 Å². The predicted octanol–water partition coefficient (Wildman–Crippen LogP) is 2.80. The first-order chi connectivity index (χ1) is 13.0. The van der Waals surface area contributed by atoms with E-state index in [1.165, 1.54) is 12.1 Å². The minimum absolute atomic E-state index is 0.0843. The highest BCUT2D eigenvalue weighted by Gasteiger charge is 2.22. The van der Waals surface area contributed by atoms with Crippen LogP contribution in [0.15, 0.2) is 42.5 Å². The topological polar surface area (TPSA) is 75.9 Å². The highest BCUT2D eigenvalue weighted by Crippen LogP contribution is 2.22. The van der Waals surface area contributed by atoms with Crippen molar-refractivity contribution in [2.75, 3.05) is 38.2 Å². The van der Waals surface area contributed by atoms with E-state index >= 15 is 0 Å². The Morgan fingerprint density at radius 2 is 1.78 bits per heavy atom. The van der Waals surface area contributed by atoms with Gasteiger partial charge in [-0.3, -0.25) is 14.9 Å². The summed E-state index contributed by atoms with van der Waals surface area (Å²) >= 11 is 0. The number of nitro groups is 1. The van der Waals surface area contributed by atoms with E-state index in [0.717, 1.165) is 22.6 Å². The molecule has 1 heterocycles. The third kappa shape index (κ3) is 4.36. The van der Waals surface area contributed by atoms with Crippen molar-refractivity contribution in [1.82, 2.24) is 4.90 Å². The van der Waals surface area contributed by atoms with Crippen molar-refractivity contribution in [3.63, 3.8) is 0 Å². The number of piperazine rings is 1. The molecule has 3 rings (SSSR count). The van der Waals surface area contributed by atoms with Gasteiger partial charge >= 0.3 is 0 Å². The number of nitrogens with zero attached hydrogens (tertiary/aromatic N) is 3. The molecule has 0 aromatic heterocycles. The summed E-state index contributed by atoms with van der Waals surface area (Å²) < 4.78 is 5.33. The maximum Gasteiger partial charge on any atom is 0.269 e. The van der Waals surface area contributed by atoms with Crippen molar-refractivity contribution in [2.24, 2.45) is 0 Å². The summed E-state index contributed by atoms with van der Waals surface area (Å²) in [6.07, 6.45) is 0.355. The molecular formula is C20H23N3O4. The minimum Gasteiger partial charge on any atom is -0.496 e. The Morgan fingerprint density at radius 3 is 2.37 bits per heavy atom. The van der Waals surface area contributed by atoms with Crippen LogP contribution in [0.2, 0.25) is 0 Å². The van der Waals surface area contributed by atoms with Crippen molar-refractivity contribution < 1.29 is 14.5 Å². The number of amides is 1. The van der Waals surface area contributed by atoms with E-state index in [4.69, 9.17) is 4.74 Å². The molecular weight excluding hydrogens is 346 g/mol. The van der Waals surface area contributed by atoms with Crippen LogP contribution >= 0.6 is 0 Å². The number of carbonyl (C=O) groups excluding carboxylic acids is 1. The second kappa shape index (κ2) is 8.07. The van der Waals surface area contributed by atoms with Crippen molar-refractivity contribution in [2.45, 2.75) is 13.3 Å². The quantitative estimate of drug-likeness (QED) is 0.598. The molecule has 0 N–H and O–H groups in total. The number of non-ortho nitro benzene ring substituents is 1. The fourth-order valence-corrected chi connectivity index (χ4v) is 3.26. The average Bonchev–Trinajstić information content (AvgIpc) is 2.69. The molecule has 0 atom stereocenters. The van der Waals surface area contributed by atoms with Crippen LogP contribution in [0, 0.1) is 17.0 Å². The van der Waals surface area contributed by atoms with Crippen LogP contribution in [0.25, 0.3) is 0 Å². The molecule has 0 saturated carbocycles. The molecule has 7 heteroatoms. The van der Waals surface area contributed by atoms with Gasteiger partial charge in [-0.15, -0.1) is 0 Å². The predicted molar refractivity (Wildman–Crippen MR) is 103 cm³/mol. The molecule has 1 aliphatic rings. The number of carbonyl (C=O) groups is 1. The largest absolute Gasteiger partial charge is 0.496 e. The van der Waals surface area contributed by atoms with Gasteiger partial charge in [0.05, 0.1) is 18.5 Å². The maximum absolute atomic E-state index is 12.6. The summed E-state index contributed by atoms with van der Waals surface area (Å²) in [6, 6.07) is 12.4. The van der Waals surface area contributed by atoms with Gasteiger partial charge in [-0.05, 0) is 36.2 Å². The molecule has 0 spiro atoms. The number of hydrogen-bond acceptors (Lipinski definition) is 5. The molecule has 142 valence electrons. The zero-order valence-electron chi connectivity index (χ0n) is 15.6. The van der Waals surface area contributed by atoms with Crippen LogP contribution in [-0.4, -0.2) is 49.0 Å². The third-order valence-corrected chi connectivity index (χ3v) is 4.89. The summed E-state index contributed by atoms with van der Waals surface area (Å²) in [5, 5.41) is 10.8. The molecule has 7 nitrogen and oxygen atoms in total. The van der Waals surface area contributed by atoms with Gasteiger partial charge in [0.25, 0.3) is 5.69 Å². The lowest BCUT2D eigenvalue weighted by Gasteiger charge is -2.36. The number of aryl methyl sites for hydroxylation is 1. The second-order valence-electron chi connectivity index (χ2n) is 6.62. The molecule has 1 aliphatic heterocycles. The fourth-order valence-electron chi connectivity index (χ4n) is 3.26. The van der Waals surface area contributed by atoms with Crippen molar-refractivity contribution >= 4 is 17.3 Å². The van der Waals surface area contributed by atoms with Gasteiger partial charge in [0.1, 0.15) is 5.75 Å². The zero-order valence-corrected chi connectivity index (χ0v) is 15.6. The molecule has 0 bridgehead atoms. The fraction of sp³-hybridized carbons (Fsp3) is 0.350. The smallest absolute Gasteiger partial charge is 0.269 e. The van der Waals surface area contributed by atoms with Crippen molar-refractivity contribution in [1.29, 1.82) is 0 Å². The Labute approximate surface area is 158 Å². The maximum atomic E-state index is 12.6. The number of hydrogen-bond donors (Lipinski definition) is 0. The van der Waals surface area contributed by atoms with Crippen molar-refractivity contribution in [3.05, 3.63) is 63.7 Å². The molecule has 1 saturated heterocycles. The Kier molecular flexibility index (Phi) is 5.59. The number of rotatable bonds is 5. The lowest BCUT2D eigenvalue weighted by Crippen LogP contribution is -2.49. The monoisotopic (exact) mass is 369 g/mol. The Morgan fingerprint density at radius 1 is 1.11 bits per heavy atom. The molecule has 0 unspecified atom stereocenters. The van der Waals surface area contributed by atoms with Gasteiger partial charge in [0.2, 0.25) is 5.91 Å². The summed E-state index contributed by atoms with van der Waals surface area (Å²) in [6.45, 7) is 4.67. The van der Waals surface area contributed by atoms with E-state index in [-0.39, 0.29) is 11.6 Å². The van der Waals surface area contributed by atoms with E-state index in [1.807, 2.05) is 30.0 Å². The van der Waals surface area contributed by atoms with Gasteiger partial charge in [-0.25, -0.2) is 0 Å².